The Morgan fingerprint density at radius 1 is 0.974 bits per heavy atom. The van der Waals surface area contributed by atoms with E-state index in [1.54, 1.807) is 14.0 Å². The van der Waals surface area contributed by atoms with E-state index in [2.05, 4.69) is 71.4 Å². The zero-order valence-corrected chi connectivity index (χ0v) is 23.0. The Hall–Kier alpha value is -3.48. The van der Waals surface area contributed by atoms with Crippen molar-refractivity contribution in [1.29, 1.82) is 0 Å². The average molecular weight is 514 g/mol. The second-order valence-electron chi connectivity index (χ2n) is 10.1. The number of hydrogen-bond donors (Lipinski definition) is 1. The molecule has 0 radical (unpaired) electrons. The topological polar surface area (TPSA) is 67.4 Å². The number of hydrogen-bond acceptors (Lipinski definition) is 5. The molecule has 1 aliphatic heterocycles. The van der Waals surface area contributed by atoms with E-state index in [9.17, 15) is 4.79 Å². The van der Waals surface area contributed by atoms with E-state index < -0.39 is 0 Å². The first kappa shape index (κ1) is 27.6. The van der Waals surface area contributed by atoms with Crippen molar-refractivity contribution in [2.45, 2.75) is 40.2 Å². The minimum Gasteiger partial charge on any atom is -0.497 e. The van der Waals surface area contributed by atoms with E-state index in [0.29, 0.717) is 11.7 Å². The Balaban J connectivity index is 0.000000183. The van der Waals surface area contributed by atoms with Crippen LogP contribution in [0.3, 0.4) is 0 Å². The average Bonchev–Trinajstić information content (AvgIpc) is 3.72. The first-order valence-electron chi connectivity index (χ1n) is 13.4. The summed E-state index contributed by atoms with van der Waals surface area (Å²) in [6.07, 6.45) is 2.30. The van der Waals surface area contributed by atoms with Crippen molar-refractivity contribution in [3.05, 3.63) is 83.4 Å². The number of methoxy groups -OCH3 is 1. The van der Waals surface area contributed by atoms with E-state index >= 15 is 0 Å². The Kier molecular flexibility index (Phi) is 9.68. The van der Waals surface area contributed by atoms with Crippen LogP contribution < -0.4 is 4.74 Å². The summed E-state index contributed by atoms with van der Waals surface area (Å²) in [5, 5.41) is 8.81. The predicted octanol–water partition coefficient (Wildman–Crippen LogP) is 6.36. The molecule has 0 amide bonds. The summed E-state index contributed by atoms with van der Waals surface area (Å²) in [5.41, 5.74) is 7.12. The van der Waals surface area contributed by atoms with Gasteiger partial charge in [0.15, 0.2) is 0 Å². The molecule has 4 aromatic rings. The lowest BCUT2D eigenvalue weighted by Gasteiger charge is -2.26. The van der Waals surface area contributed by atoms with Crippen LogP contribution in [-0.4, -0.2) is 54.3 Å². The number of H-pyrrole nitrogens is 1. The smallest absolute Gasteiger partial charge is 0.132 e. The standard InChI is InChI=1S/C19H21N3O.C8H10O.C5H8O/c1-14-2-7-17-18(12-14)20-21-19(17)16-5-3-15(4-6-16)13-22-8-10-23-11-9-22;1-7-3-5-8(9-2)6-4-7;1-4(6)5-2-3-5/h2-7,12H,8-11,13H2,1H3,(H,20,21);3-6H,1-2H3;5H,2-3H2,1H3. The van der Waals surface area contributed by atoms with Crippen molar-refractivity contribution in [3.8, 4) is 17.0 Å². The summed E-state index contributed by atoms with van der Waals surface area (Å²) in [4.78, 5) is 12.6. The largest absolute Gasteiger partial charge is 0.497 e. The van der Waals surface area contributed by atoms with Crippen LogP contribution in [0.2, 0.25) is 0 Å². The van der Waals surface area contributed by atoms with Crippen LogP contribution in [0, 0.1) is 19.8 Å². The molecule has 1 N–H and O–H groups in total. The lowest BCUT2D eigenvalue weighted by atomic mass is 10.0. The van der Waals surface area contributed by atoms with Gasteiger partial charge >= 0.3 is 0 Å². The highest BCUT2D eigenvalue weighted by Crippen LogP contribution is 2.29. The van der Waals surface area contributed by atoms with Gasteiger partial charge in [0, 0.05) is 36.5 Å². The molecular formula is C32H39N3O3. The van der Waals surface area contributed by atoms with Crippen molar-refractivity contribution in [2.24, 2.45) is 5.92 Å². The van der Waals surface area contributed by atoms with Gasteiger partial charge in [0.05, 0.1) is 31.5 Å². The number of carbonyl (C=O) groups is 1. The predicted molar refractivity (Wildman–Crippen MR) is 153 cm³/mol. The minimum absolute atomic E-state index is 0.370. The van der Waals surface area contributed by atoms with Gasteiger partial charge in [-0.15, -0.1) is 0 Å². The highest BCUT2D eigenvalue weighted by atomic mass is 16.5. The lowest BCUT2D eigenvalue weighted by molar-refractivity contribution is -0.118. The number of aromatic nitrogens is 2. The second kappa shape index (κ2) is 13.4. The molecule has 1 aliphatic carbocycles. The lowest BCUT2D eigenvalue weighted by Crippen LogP contribution is -2.35. The third-order valence-electron chi connectivity index (χ3n) is 6.86. The molecule has 200 valence electrons. The Labute approximate surface area is 226 Å². The van der Waals surface area contributed by atoms with Crippen LogP contribution in [0.5, 0.6) is 5.75 Å². The maximum absolute atomic E-state index is 10.2. The highest BCUT2D eigenvalue weighted by molar-refractivity contribution is 5.93. The van der Waals surface area contributed by atoms with Crippen LogP contribution in [0.15, 0.2) is 66.7 Å². The fourth-order valence-corrected chi connectivity index (χ4v) is 4.30. The quantitative estimate of drug-likeness (QED) is 0.336. The first-order chi connectivity index (χ1) is 18.4. The number of rotatable bonds is 5. The summed E-state index contributed by atoms with van der Waals surface area (Å²) >= 11 is 0. The van der Waals surface area contributed by atoms with E-state index in [1.807, 2.05) is 24.3 Å². The van der Waals surface area contributed by atoms with Gasteiger partial charge in [0.25, 0.3) is 0 Å². The first-order valence-corrected chi connectivity index (χ1v) is 13.4. The molecule has 38 heavy (non-hydrogen) atoms. The molecule has 0 atom stereocenters. The maximum Gasteiger partial charge on any atom is 0.132 e. The van der Waals surface area contributed by atoms with Gasteiger partial charge in [-0.05, 0) is 62.9 Å². The zero-order valence-electron chi connectivity index (χ0n) is 23.0. The van der Waals surface area contributed by atoms with Crippen molar-refractivity contribution >= 4 is 16.7 Å². The molecule has 1 saturated carbocycles. The molecule has 0 unspecified atom stereocenters. The van der Waals surface area contributed by atoms with Gasteiger partial charge in [-0.3, -0.25) is 14.8 Å². The minimum atomic E-state index is 0.370. The summed E-state index contributed by atoms with van der Waals surface area (Å²) in [7, 11) is 1.67. The Morgan fingerprint density at radius 2 is 1.63 bits per heavy atom. The van der Waals surface area contributed by atoms with Crippen LogP contribution in [-0.2, 0) is 16.1 Å². The third-order valence-corrected chi connectivity index (χ3v) is 6.86. The van der Waals surface area contributed by atoms with Crippen LogP contribution in [0.25, 0.3) is 22.2 Å². The van der Waals surface area contributed by atoms with Crippen molar-refractivity contribution in [2.75, 3.05) is 33.4 Å². The summed E-state index contributed by atoms with van der Waals surface area (Å²) in [6.45, 7) is 10.5. The maximum atomic E-state index is 10.2. The molecule has 0 bridgehead atoms. The number of ether oxygens (including phenoxy) is 2. The number of ketones is 1. The Morgan fingerprint density at radius 3 is 2.21 bits per heavy atom. The van der Waals surface area contributed by atoms with Crippen molar-refractivity contribution in [3.63, 3.8) is 0 Å². The number of aryl methyl sites for hydroxylation is 2. The van der Waals surface area contributed by atoms with Crippen LogP contribution >= 0.6 is 0 Å². The van der Waals surface area contributed by atoms with Gasteiger partial charge in [-0.1, -0.05) is 54.1 Å². The molecule has 1 saturated heterocycles. The zero-order chi connectivity index (χ0) is 26.9. The van der Waals surface area contributed by atoms with Crippen LogP contribution in [0.1, 0.15) is 36.5 Å². The molecule has 0 spiro atoms. The Bertz CT molecular complexity index is 1300. The number of Topliss-reactive ketones (excluding diaryl/α,β-unsaturated/α-hetero) is 1. The number of carbonyl (C=O) groups excluding carboxylic acids is 1. The van der Waals surface area contributed by atoms with E-state index in [4.69, 9.17) is 9.47 Å². The van der Waals surface area contributed by atoms with E-state index in [0.717, 1.165) is 68.2 Å². The van der Waals surface area contributed by atoms with Crippen LogP contribution in [0.4, 0.5) is 0 Å². The molecule has 2 heterocycles. The summed E-state index contributed by atoms with van der Waals surface area (Å²) in [5.74, 6) is 1.75. The number of nitrogens with zero attached hydrogens (tertiary/aromatic N) is 2. The molecule has 6 heteroatoms. The summed E-state index contributed by atoms with van der Waals surface area (Å²) < 4.78 is 10.4. The number of aromatic amines is 1. The van der Waals surface area contributed by atoms with Gasteiger partial charge in [0.1, 0.15) is 11.5 Å². The van der Waals surface area contributed by atoms with Gasteiger partial charge < -0.3 is 9.47 Å². The molecule has 2 aliphatic rings. The van der Waals surface area contributed by atoms with Gasteiger partial charge in [0.2, 0.25) is 0 Å². The number of fused-ring (bicyclic) bond motifs is 1. The van der Waals surface area contributed by atoms with E-state index in [1.165, 1.54) is 22.1 Å². The third kappa shape index (κ3) is 8.01. The van der Waals surface area contributed by atoms with Crippen molar-refractivity contribution < 1.29 is 14.3 Å². The number of benzene rings is 3. The molecule has 2 fully saturated rings. The molecular weight excluding hydrogens is 474 g/mol. The van der Waals surface area contributed by atoms with Gasteiger partial charge in [-0.25, -0.2) is 0 Å². The number of nitrogens with one attached hydrogen (secondary N) is 1. The number of morpholine rings is 1. The fraction of sp³-hybridized carbons (Fsp3) is 0.375. The van der Waals surface area contributed by atoms with Crippen molar-refractivity contribution in [1.82, 2.24) is 15.1 Å². The van der Waals surface area contributed by atoms with Gasteiger partial charge in [-0.2, -0.15) is 5.10 Å². The molecule has 1 aromatic heterocycles. The normalized spacial score (nSPS) is 15.2. The summed E-state index contributed by atoms with van der Waals surface area (Å²) in [6, 6.07) is 23.1. The molecule has 6 nitrogen and oxygen atoms in total. The molecule has 6 rings (SSSR count). The molecule has 3 aromatic carbocycles. The highest BCUT2D eigenvalue weighted by Gasteiger charge is 2.25. The second-order valence-corrected chi connectivity index (χ2v) is 10.1. The van der Waals surface area contributed by atoms with E-state index in [-0.39, 0.29) is 0 Å². The monoisotopic (exact) mass is 513 g/mol. The SMILES string of the molecule is CC(=O)C1CC1.COc1ccc(C)cc1.Cc1ccc2c(-c3ccc(CN4CCOCC4)cc3)n[nH]c2c1. The fourth-order valence-electron chi connectivity index (χ4n) is 4.30.